The van der Waals surface area contributed by atoms with Crippen LogP contribution in [0.3, 0.4) is 0 Å². The van der Waals surface area contributed by atoms with E-state index in [9.17, 15) is 8.42 Å². The molecular formula is C21H34N2O2S. The maximum Gasteiger partial charge on any atom is 0.179 e. The molecule has 0 aromatic heterocycles. The first-order valence-electron chi connectivity index (χ1n) is 10.2. The van der Waals surface area contributed by atoms with Crippen molar-refractivity contribution in [3.63, 3.8) is 0 Å². The van der Waals surface area contributed by atoms with E-state index in [-0.39, 0.29) is 11.8 Å². The molecule has 0 spiro atoms. The molecule has 1 aromatic rings. The molecule has 0 aliphatic carbocycles. The Morgan fingerprint density at radius 1 is 1.00 bits per heavy atom. The summed E-state index contributed by atoms with van der Waals surface area (Å²) in [7, 11) is -3.26. The van der Waals surface area contributed by atoms with E-state index in [1.165, 1.54) is 25.7 Å². The van der Waals surface area contributed by atoms with Gasteiger partial charge in [-0.2, -0.15) is 0 Å². The lowest BCUT2D eigenvalue weighted by Gasteiger charge is -2.41. The molecule has 2 aliphatic heterocycles. The molecule has 2 heterocycles. The number of likely N-dealkylation sites (tertiary alicyclic amines) is 2. The zero-order chi connectivity index (χ0) is 18.6. The molecule has 2 aliphatic rings. The number of piperidine rings is 2. The molecule has 0 bridgehead atoms. The number of sulfone groups is 1. The molecule has 0 saturated carbocycles. The maximum atomic E-state index is 13.0. The van der Waals surface area contributed by atoms with Crippen molar-refractivity contribution >= 4 is 9.84 Å². The zero-order valence-corrected chi connectivity index (χ0v) is 17.1. The topological polar surface area (TPSA) is 40.6 Å². The van der Waals surface area contributed by atoms with Crippen LogP contribution in [-0.4, -0.2) is 62.7 Å². The smallest absolute Gasteiger partial charge is 0.179 e. The molecule has 0 radical (unpaired) electrons. The number of nitrogens with zero attached hydrogens (tertiary/aromatic N) is 2. The molecule has 2 saturated heterocycles. The van der Waals surface area contributed by atoms with Gasteiger partial charge >= 0.3 is 0 Å². The molecule has 3 atom stereocenters. The Balaban J connectivity index is 1.75. The molecule has 2 fully saturated rings. The summed E-state index contributed by atoms with van der Waals surface area (Å²) in [4.78, 5) is 5.41. The minimum Gasteiger partial charge on any atom is -0.301 e. The van der Waals surface area contributed by atoms with Gasteiger partial charge in [-0.15, -0.1) is 0 Å². The normalized spacial score (nSPS) is 27.3. The number of benzene rings is 1. The van der Waals surface area contributed by atoms with Crippen LogP contribution in [0.25, 0.3) is 0 Å². The second-order valence-electron chi connectivity index (χ2n) is 8.50. The third-order valence-electron chi connectivity index (χ3n) is 5.93. The molecule has 26 heavy (non-hydrogen) atoms. The quantitative estimate of drug-likeness (QED) is 0.762. The van der Waals surface area contributed by atoms with Gasteiger partial charge in [0.1, 0.15) is 0 Å². The average molecular weight is 379 g/mol. The van der Waals surface area contributed by atoms with Gasteiger partial charge in [0.05, 0.1) is 10.6 Å². The number of hydrogen-bond acceptors (Lipinski definition) is 4. The standard InChI is InChI=1S/C21H34N2O2S/c1-18-8-6-12-22(14-18)16-20(23-13-7-9-19(2)15-23)17-26(24,25)21-10-4-3-5-11-21/h3-5,10-11,18-20H,6-9,12-17H2,1-2H3. The van der Waals surface area contributed by atoms with E-state index in [0.29, 0.717) is 10.8 Å². The third kappa shape index (κ3) is 5.30. The second-order valence-corrected chi connectivity index (χ2v) is 10.5. The molecule has 146 valence electrons. The summed E-state index contributed by atoms with van der Waals surface area (Å²) in [5, 5.41) is 0. The Morgan fingerprint density at radius 3 is 2.31 bits per heavy atom. The lowest BCUT2D eigenvalue weighted by atomic mass is 9.97. The first-order chi connectivity index (χ1) is 12.4. The number of rotatable bonds is 6. The van der Waals surface area contributed by atoms with Crippen molar-refractivity contribution in [2.75, 3.05) is 38.5 Å². The van der Waals surface area contributed by atoms with E-state index in [1.54, 1.807) is 12.1 Å². The monoisotopic (exact) mass is 378 g/mol. The highest BCUT2D eigenvalue weighted by Gasteiger charge is 2.31. The lowest BCUT2D eigenvalue weighted by molar-refractivity contribution is 0.0895. The van der Waals surface area contributed by atoms with E-state index >= 15 is 0 Å². The third-order valence-corrected chi connectivity index (χ3v) is 7.74. The van der Waals surface area contributed by atoms with Crippen LogP contribution in [0, 0.1) is 11.8 Å². The summed E-state index contributed by atoms with van der Waals surface area (Å²) < 4.78 is 26.1. The molecule has 4 nitrogen and oxygen atoms in total. The van der Waals surface area contributed by atoms with Crippen LogP contribution in [0.2, 0.25) is 0 Å². The first-order valence-corrected chi connectivity index (χ1v) is 11.8. The van der Waals surface area contributed by atoms with Gasteiger partial charge in [-0.1, -0.05) is 32.0 Å². The summed E-state index contributed by atoms with van der Waals surface area (Å²) in [6.07, 6.45) is 4.97. The highest BCUT2D eigenvalue weighted by atomic mass is 32.2. The van der Waals surface area contributed by atoms with Crippen molar-refractivity contribution in [3.05, 3.63) is 30.3 Å². The molecule has 1 aromatic carbocycles. The SMILES string of the molecule is CC1CCCN(CC(CS(=O)(=O)c2ccccc2)N2CCCC(C)C2)C1. The minimum atomic E-state index is -3.26. The predicted molar refractivity (Wildman–Crippen MR) is 107 cm³/mol. The van der Waals surface area contributed by atoms with Crippen LogP contribution in [0.1, 0.15) is 39.5 Å². The molecule has 3 rings (SSSR count). The fourth-order valence-corrected chi connectivity index (χ4v) is 6.15. The van der Waals surface area contributed by atoms with E-state index in [4.69, 9.17) is 0 Å². The van der Waals surface area contributed by atoms with Crippen molar-refractivity contribution in [1.29, 1.82) is 0 Å². The van der Waals surface area contributed by atoms with Gasteiger partial charge in [0, 0.05) is 25.7 Å². The van der Waals surface area contributed by atoms with Gasteiger partial charge in [0.2, 0.25) is 0 Å². The molecule has 0 N–H and O–H groups in total. The highest BCUT2D eigenvalue weighted by molar-refractivity contribution is 7.91. The van der Waals surface area contributed by atoms with E-state index in [1.807, 2.05) is 18.2 Å². The van der Waals surface area contributed by atoms with Gasteiger partial charge in [-0.05, 0) is 62.7 Å². The van der Waals surface area contributed by atoms with E-state index in [0.717, 1.165) is 38.6 Å². The van der Waals surface area contributed by atoms with Crippen LogP contribution in [-0.2, 0) is 9.84 Å². The predicted octanol–water partition coefficient (Wildman–Crippen LogP) is 3.29. The Labute approximate surface area is 159 Å². The average Bonchev–Trinajstić information content (AvgIpc) is 2.62. The summed E-state index contributed by atoms with van der Waals surface area (Å²) in [5.41, 5.74) is 0. The Morgan fingerprint density at radius 2 is 1.65 bits per heavy atom. The van der Waals surface area contributed by atoms with Crippen LogP contribution in [0.15, 0.2) is 35.2 Å². The van der Waals surface area contributed by atoms with Crippen molar-refractivity contribution in [2.24, 2.45) is 11.8 Å². The van der Waals surface area contributed by atoms with Crippen LogP contribution in [0.5, 0.6) is 0 Å². The maximum absolute atomic E-state index is 13.0. The molecule has 3 unspecified atom stereocenters. The zero-order valence-electron chi connectivity index (χ0n) is 16.3. The second kappa shape index (κ2) is 8.85. The van der Waals surface area contributed by atoms with Crippen LogP contribution >= 0.6 is 0 Å². The lowest BCUT2D eigenvalue weighted by Crippen LogP contribution is -2.52. The molecular weight excluding hydrogens is 344 g/mol. The molecule has 5 heteroatoms. The summed E-state index contributed by atoms with van der Waals surface area (Å²) >= 11 is 0. The van der Waals surface area contributed by atoms with Crippen LogP contribution < -0.4 is 0 Å². The highest BCUT2D eigenvalue weighted by Crippen LogP contribution is 2.23. The summed E-state index contributed by atoms with van der Waals surface area (Å²) in [5.74, 6) is 1.61. The van der Waals surface area contributed by atoms with Crippen LogP contribution in [0.4, 0.5) is 0 Å². The van der Waals surface area contributed by atoms with Gasteiger partial charge < -0.3 is 4.90 Å². The van der Waals surface area contributed by atoms with Gasteiger partial charge in [0.25, 0.3) is 0 Å². The van der Waals surface area contributed by atoms with Gasteiger partial charge in [-0.3, -0.25) is 4.90 Å². The number of hydrogen-bond donors (Lipinski definition) is 0. The minimum absolute atomic E-state index is 0.0910. The fraction of sp³-hybridized carbons (Fsp3) is 0.714. The van der Waals surface area contributed by atoms with Crippen molar-refractivity contribution in [2.45, 2.75) is 50.5 Å². The fourth-order valence-electron chi connectivity index (χ4n) is 4.56. The van der Waals surface area contributed by atoms with Crippen molar-refractivity contribution in [1.82, 2.24) is 9.80 Å². The Kier molecular flexibility index (Phi) is 6.76. The molecule has 0 amide bonds. The Bertz CT molecular complexity index is 662. The van der Waals surface area contributed by atoms with Gasteiger partial charge in [0.15, 0.2) is 9.84 Å². The van der Waals surface area contributed by atoms with Gasteiger partial charge in [-0.25, -0.2) is 8.42 Å². The van der Waals surface area contributed by atoms with E-state index in [2.05, 4.69) is 23.6 Å². The Hall–Kier alpha value is -0.910. The van der Waals surface area contributed by atoms with E-state index < -0.39 is 9.84 Å². The largest absolute Gasteiger partial charge is 0.301 e. The summed E-state index contributed by atoms with van der Waals surface area (Å²) in [6.45, 7) is 9.74. The van der Waals surface area contributed by atoms with Crippen molar-refractivity contribution in [3.8, 4) is 0 Å². The first kappa shape index (κ1) is 19.8. The summed E-state index contributed by atoms with van der Waals surface area (Å²) in [6, 6.07) is 9.06. The van der Waals surface area contributed by atoms with Crippen molar-refractivity contribution < 1.29 is 8.42 Å².